The van der Waals surface area contributed by atoms with E-state index < -0.39 is 11.6 Å². The minimum absolute atomic E-state index is 0.220. The van der Waals surface area contributed by atoms with E-state index in [1.165, 1.54) is 5.56 Å². The molecule has 1 atom stereocenters. The highest BCUT2D eigenvalue weighted by molar-refractivity contribution is 5.67. The van der Waals surface area contributed by atoms with Crippen LogP contribution in [-0.2, 0) is 13.0 Å². The Bertz CT molecular complexity index is 799. The number of carboxylic acid groups (broad SMARTS) is 1. The maximum absolute atomic E-state index is 12.2. The summed E-state index contributed by atoms with van der Waals surface area (Å²) in [6.45, 7) is 9.03. The number of hydrogen-bond acceptors (Lipinski definition) is 3. The van der Waals surface area contributed by atoms with Crippen LogP contribution in [0.5, 0.6) is 5.75 Å². The van der Waals surface area contributed by atoms with Crippen molar-refractivity contribution in [3.8, 4) is 5.75 Å². The Morgan fingerprint density at radius 3 is 2.21 bits per heavy atom. The van der Waals surface area contributed by atoms with Crippen LogP contribution in [0.4, 0.5) is 4.79 Å². The Kier molecular flexibility index (Phi) is 5.66. The van der Waals surface area contributed by atoms with Crippen molar-refractivity contribution in [2.75, 3.05) is 19.6 Å². The third-order valence-corrected chi connectivity index (χ3v) is 5.95. The predicted octanol–water partition coefficient (Wildman–Crippen LogP) is 4.22. The molecule has 0 aliphatic carbocycles. The minimum atomic E-state index is -0.868. The van der Waals surface area contributed by atoms with Gasteiger partial charge in [0.15, 0.2) is 0 Å². The molecule has 1 saturated heterocycles. The Hall–Kier alpha value is -2.53. The third kappa shape index (κ3) is 4.14. The molecule has 1 heterocycles. The van der Waals surface area contributed by atoms with Crippen molar-refractivity contribution in [2.24, 2.45) is 5.41 Å². The molecule has 1 aliphatic rings. The molecule has 0 unspecified atom stereocenters. The van der Waals surface area contributed by atoms with E-state index in [9.17, 15) is 15.0 Å². The number of benzene rings is 2. The van der Waals surface area contributed by atoms with E-state index in [0.29, 0.717) is 26.1 Å². The molecule has 5 heteroatoms. The molecule has 0 bridgehead atoms. The maximum Gasteiger partial charge on any atom is 0.407 e. The van der Waals surface area contributed by atoms with E-state index in [2.05, 4.69) is 37.8 Å². The quantitative estimate of drug-likeness (QED) is 0.831. The summed E-state index contributed by atoms with van der Waals surface area (Å²) in [6, 6.07) is 17.4. The van der Waals surface area contributed by atoms with Crippen LogP contribution >= 0.6 is 0 Å². The average molecular weight is 383 g/mol. The van der Waals surface area contributed by atoms with Gasteiger partial charge in [-0.15, -0.1) is 0 Å². The molecule has 0 saturated carbocycles. The van der Waals surface area contributed by atoms with Gasteiger partial charge in [0.25, 0.3) is 0 Å². The first-order valence-electron chi connectivity index (χ1n) is 9.76. The summed E-state index contributed by atoms with van der Waals surface area (Å²) in [6.07, 6.45) is -0.262. The van der Waals surface area contributed by atoms with Crippen LogP contribution in [0, 0.1) is 5.41 Å². The van der Waals surface area contributed by atoms with Gasteiger partial charge in [0, 0.05) is 26.2 Å². The topological polar surface area (TPSA) is 64.0 Å². The van der Waals surface area contributed by atoms with Gasteiger partial charge in [-0.3, -0.25) is 9.80 Å². The number of rotatable bonds is 4. The number of hydrogen-bond donors (Lipinski definition) is 2. The molecule has 0 radical (unpaired) electrons. The molecule has 28 heavy (non-hydrogen) atoms. The van der Waals surface area contributed by atoms with Crippen molar-refractivity contribution in [3.05, 3.63) is 65.7 Å². The van der Waals surface area contributed by atoms with Gasteiger partial charge in [0.05, 0.1) is 5.54 Å². The zero-order chi connectivity index (χ0) is 20.4. The second kappa shape index (κ2) is 7.84. The van der Waals surface area contributed by atoms with Crippen molar-refractivity contribution in [3.63, 3.8) is 0 Å². The van der Waals surface area contributed by atoms with Crippen molar-refractivity contribution >= 4 is 6.09 Å². The van der Waals surface area contributed by atoms with Gasteiger partial charge in [0.1, 0.15) is 5.75 Å². The zero-order valence-corrected chi connectivity index (χ0v) is 16.9. The highest BCUT2D eigenvalue weighted by atomic mass is 16.4. The lowest BCUT2D eigenvalue weighted by Crippen LogP contribution is -2.69. The highest BCUT2D eigenvalue weighted by Gasteiger charge is 2.51. The van der Waals surface area contributed by atoms with Crippen molar-refractivity contribution in [2.45, 2.75) is 39.3 Å². The van der Waals surface area contributed by atoms with E-state index in [0.717, 1.165) is 12.1 Å². The lowest BCUT2D eigenvalue weighted by Gasteiger charge is -2.56. The maximum atomic E-state index is 12.2. The SMILES string of the molecule is CC(C)(C)[C@]1(Cc2ccc(O)cc2)CN(Cc2ccccc2)CCN1C(=O)O. The second-order valence-corrected chi connectivity index (χ2v) is 8.76. The standard InChI is InChI=1S/C23H30N2O3/c1-22(2,3)23(15-18-9-11-20(26)12-10-18)17-24(13-14-25(23)21(27)28)16-19-7-5-4-6-8-19/h4-12,26H,13-17H2,1-3H3,(H,27,28)/t23-/m0/s1. The molecule has 5 nitrogen and oxygen atoms in total. The Morgan fingerprint density at radius 1 is 1.00 bits per heavy atom. The third-order valence-electron chi connectivity index (χ3n) is 5.95. The first-order valence-corrected chi connectivity index (χ1v) is 9.76. The van der Waals surface area contributed by atoms with E-state index in [4.69, 9.17) is 0 Å². The lowest BCUT2D eigenvalue weighted by molar-refractivity contribution is -0.0576. The normalized spacial score (nSPS) is 20.9. The number of phenols is 1. The van der Waals surface area contributed by atoms with Crippen LogP contribution < -0.4 is 0 Å². The summed E-state index contributed by atoms with van der Waals surface area (Å²) in [4.78, 5) is 16.2. The molecule has 0 spiro atoms. The van der Waals surface area contributed by atoms with Crippen molar-refractivity contribution in [1.82, 2.24) is 9.80 Å². The van der Waals surface area contributed by atoms with Gasteiger partial charge in [0.2, 0.25) is 0 Å². The molecule has 3 rings (SSSR count). The van der Waals surface area contributed by atoms with Crippen LogP contribution in [0.25, 0.3) is 0 Å². The number of carbonyl (C=O) groups is 1. The van der Waals surface area contributed by atoms with Gasteiger partial charge >= 0.3 is 6.09 Å². The summed E-state index contributed by atoms with van der Waals surface area (Å²) in [5.74, 6) is 0.220. The fourth-order valence-corrected chi connectivity index (χ4v) is 4.26. The van der Waals surface area contributed by atoms with E-state index in [1.54, 1.807) is 17.0 Å². The number of aromatic hydroxyl groups is 1. The summed E-state index contributed by atoms with van der Waals surface area (Å²) in [7, 11) is 0. The summed E-state index contributed by atoms with van der Waals surface area (Å²) in [5.41, 5.74) is 1.43. The number of phenolic OH excluding ortho intramolecular Hbond substituents is 1. The van der Waals surface area contributed by atoms with Crippen LogP contribution in [-0.4, -0.2) is 51.3 Å². The zero-order valence-electron chi connectivity index (χ0n) is 16.9. The fourth-order valence-electron chi connectivity index (χ4n) is 4.26. The second-order valence-electron chi connectivity index (χ2n) is 8.76. The number of nitrogens with zero attached hydrogens (tertiary/aromatic N) is 2. The monoisotopic (exact) mass is 382 g/mol. The summed E-state index contributed by atoms with van der Waals surface area (Å²) < 4.78 is 0. The predicted molar refractivity (Wildman–Crippen MR) is 110 cm³/mol. The van der Waals surface area contributed by atoms with Crippen molar-refractivity contribution in [1.29, 1.82) is 0 Å². The fraction of sp³-hybridized carbons (Fsp3) is 0.435. The van der Waals surface area contributed by atoms with E-state index in [1.807, 2.05) is 30.3 Å². The summed E-state index contributed by atoms with van der Waals surface area (Å²) in [5, 5.41) is 19.6. The molecule has 1 fully saturated rings. The van der Waals surface area contributed by atoms with Gasteiger partial charge in [-0.05, 0) is 35.1 Å². The molecular formula is C23H30N2O3. The molecule has 150 valence electrons. The van der Waals surface area contributed by atoms with Crippen LogP contribution in [0.3, 0.4) is 0 Å². The average Bonchev–Trinajstić information content (AvgIpc) is 2.63. The summed E-state index contributed by atoms with van der Waals surface area (Å²) >= 11 is 0. The minimum Gasteiger partial charge on any atom is -0.508 e. The number of amides is 1. The van der Waals surface area contributed by atoms with Crippen molar-refractivity contribution < 1.29 is 15.0 Å². The first kappa shape index (κ1) is 20.2. The van der Waals surface area contributed by atoms with E-state index in [-0.39, 0.29) is 11.2 Å². The lowest BCUT2D eigenvalue weighted by atomic mass is 9.67. The molecule has 2 aromatic carbocycles. The molecule has 1 amide bonds. The van der Waals surface area contributed by atoms with Gasteiger partial charge in [-0.2, -0.15) is 0 Å². The van der Waals surface area contributed by atoms with E-state index >= 15 is 0 Å². The first-order chi connectivity index (χ1) is 13.2. The van der Waals surface area contributed by atoms with Gasteiger partial charge in [-0.25, -0.2) is 4.79 Å². The molecule has 2 aromatic rings. The Labute approximate surface area is 167 Å². The van der Waals surface area contributed by atoms with Crippen LogP contribution in [0.2, 0.25) is 0 Å². The number of piperazine rings is 1. The Balaban J connectivity index is 1.95. The highest BCUT2D eigenvalue weighted by Crippen LogP contribution is 2.42. The van der Waals surface area contributed by atoms with Gasteiger partial charge in [-0.1, -0.05) is 63.2 Å². The molecular weight excluding hydrogens is 352 g/mol. The van der Waals surface area contributed by atoms with Crippen LogP contribution in [0.1, 0.15) is 31.9 Å². The van der Waals surface area contributed by atoms with Crippen LogP contribution in [0.15, 0.2) is 54.6 Å². The smallest absolute Gasteiger partial charge is 0.407 e. The molecule has 0 aromatic heterocycles. The molecule has 2 N–H and O–H groups in total. The Morgan fingerprint density at radius 2 is 1.64 bits per heavy atom. The van der Waals surface area contributed by atoms with Gasteiger partial charge < -0.3 is 10.2 Å². The molecule has 1 aliphatic heterocycles. The largest absolute Gasteiger partial charge is 0.508 e.